The highest BCUT2D eigenvalue weighted by molar-refractivity contribution is 9.10. The lowest BCUT2D eigenvalue weighted by Crippen LogP contribution is -2.44. The second-order valence-corrected chi connectivity index (χ2v) is 7.28. The maximum Gasteiger partial charge on any atom is 0.243 e. The summed E-state index contributed by atoms with van der Waals surface area (Å²) in [7, 11) is 1.70. The first kappa shape index (κ1) is 18.4. The number of nitrogens with one attached hydrogen (secondary N) is 3. The van der Waals surface area contributed by atoms with Gasteiger partial charge in [-0.1, -0.05) is 28.1 Å². The number of aliphatic imine (C=N–C) groups is 1. The highest BCUT2D eigenvalue weighted by Gasteiger charge is 2.44. The van der Waals surface area contributed by atoms with Crippen molar-refractivity contribution in [3.05, 3.63) is 58.8 Å². The number of carbonyl (C=O) groups is 1. The Hall–Kier alpha value is -2.41. The van der Waals surface area contributed by atoms with E-state index in [1.54, 1.807) is 31.6 Å². The summed E-state index contributed by atoms with van der Waals surface area (Å²) in [5.74, 6) is 0.474. The van der Waals surface area contributed by atoms with E-state index in [1.807, 2.05) is 6.07 Å². The first-order chi connectivity index (χ1) is 12.6. The topological polar surface area (TPSA) is 78.4 Å². The van der Waals surface area contributed by atoms with E-state index in [1.165, 1.54) is 5.56 Å². The van der Waals surface area contributed by atoms with Gasteiger partial charge in [-0.3, -0.25) is 14.8 Å². The summed E-state index contributed by atoms with van der Waals surface area (Å²) in [6, 6.07) is 12.0. The molecule has 0 bridgehead atoms. The number of hydrogen-bond donors (Lipinski definition) is 3. The minimum Gasteiger partial charge on any atom is -0.356 e. The third-order valence-corrected chi connectivity index (χ3v) is 4.96. The van der Waals surface area contributed by atoms with Crippen molar-refractivity contribution in [1.29, 1.82) is 0 Å². The number of benzene rings is 1. The smallest absolute Gasteiger partial charge is 0.243 e. The summed E-state index contributed by atoms with van der Waals surface area (Å²) in [6.45, 7) is 0.922. The van der Waals surface area contributed by atoms with E-state index in [2.05, 4.69) is 60.1 Å². The van der Waals surface area contributed by atoms with Crippen LogP contribution in [0.15, 0.2) is 58.3 Å². The van der Waals surface area contributed by atoms with E-state index in [0.29, 0.717) is 11.6 Å². The van der Waals surface area contributed by atoms with Gasteiger partial charge in [0.2, 0.25) is 5.91 Å². The van der Waals surface area contributed by atoms with E-state index >= 15 is 0 Å². The van der Waals surface area contributed by atoms with Gasteiger partial charge in [0.05, 0.1) is 18.4 Å². The van der Waals surface area contributed by atoms with Crippen molar-refractivity contribution in [2.75, 3.05) is 25.5 Å². The molecule has 2 aromatic rings. The molecule has 3 N–H and O–H groups in total. The van der Waals surface area contributed by atoms with Crippen molar-refractivity contribution in [1.82, 2.24) is 15.6 Å². The number of pyridine rings is 1. The molecule has 1 fully saturated rings. The molecule has 1 aromatic heterocycles. The SMILES string of the molecule is CN=C(NCC(=O)Nc1cccnc1)NCC1(c2cccc(Br)c2)CC1. The number of carbonyl (C=O) groups excluding carboxylic acids is 1. The Morgan fingerprint density at radius 3 is 2.77 bits per heavy atom. The molecule has 1 aromatic carbocycles. The van der Waals surface area contributed by atoms with E-state index in [4.69, 9.17) is 0 Å². The van der Waals surface area contributed by atoms with Crippen molar-refractivity contribution < 1.29 is 4.79 Å². The predicted octanol–water partition coefficient (Wildman–Crippen LogP) is 2.68. The molecule has 0 aliphatic heterocycles. The van der Waals surface area contributed by atoms with Crippen LogP contribution < -0.4 is 16.0 Å². The third kappa shape index (κ3) is 4.82. The Morgan fingerprint density at radius 1 is 1.27 bits per heavy atom. The number of amides is 1. The number of nitrogens with zero attached hydrogens (tertiary/aromatic N) is 2. The van der Waals surface area contributed by atoms with Crippen molar-refractivity contribution in [3.8, 4) is 0 Å². The molecule has 0 saturated heterocycles. The van der Waals surface area contributed by atoms with Gasteiger partial charge in [-0.25, -0.2) is 0 Å². The molecular weight excluding hydrogens is 394 g/mol. The standard InChI is InChI=1S/C19H22BrN5O/c1-21-18(23-12-17(26)25-16-6-3-9-22-11-16)24-13-19(7-8-19)14-4-2-5-15(20)10-14/h2-6,9-11H,7-8,12-13H2,1H3,(H,25,26)(H2,21,23,24). The summed E-state index contributed by atoms with van der Waals surface area (Å²) in [5, 5.41) is 9.18. The van der Waals surface area contributed by atoms with Gasteiger partial charge in [-0.15, -0.1) is 0 Å². The average Bonchev–Trinajstić information content (AvgIpc) is 3.44. The maximum absolute atomic E-state index is 12.0. The summed E-state index contributed by atoms with van der Waals surface area (Å²) in [4.78, 5) is 20.2. The zero-order valence-corrected chi connectivity index (χ0v) is 16.2. The highest BCUT2D eigenvalue weighted by atomic mass is 79.9. The van der Waals surface area contributed by atoms with Crippen molar-refractivity contribution in [2.45, 2.75) is 18.3 Å². The van der Waals surface area contributed by atoms with Gasteiger partial charge in [-0.2, -0.15) is 0 Å². The number of hydrogen-bond acceptors (Lipinski definition) is 3. The molecule has 0 radical (unpaired) electrons. The Bertz CT molecular complexity index is 790. The van der Waals surface area contributed by atoms with Gasteiger partial charge >= 0.3 is 0 Å². The van der Waals surface area contributed by atoms with Gasteiger partial charge in [0.15, 0.2) is 5.96 Å². The fraction of sp³-hybridized carbons (Fsp3) is 0.316. The van der Waals surface area contributed by atoms with Crippen LogP contribution in [-0.4, -0.2) is 37.0 Å². The van der Waals surface area contributed by atoms with Gasteiger partial charge in [-0.05, 0) is 42.7 Å². The van der Waals surface area contributed by atoms with E-state index in [-0.39, 0.29) is 17.9 Å². The molecule has 1 aliphatic carbocycles. The largest absolute Gasteiger partial charge is 0.356 e. The summed E-state index contributed by atoms with van der Waals surface area (Å²) < 4.78 is 1.09. The molecule has 3 rings (SSSR count). The van der Waals surface area contributed by atoms with E-state index < -0.39 is 0 Å². The molecule has 0 atom stereocenters. The van der Waals surface area contributed by atoms with Crippen LogP contribution in [0.4, 0.5) is 5.69 Å². The third-order valence-electron chi connectivity index (χ3n) is 4.47. The van der Waals surface area contributed by atoms with Crippen LogP contribution in [0.3, 0.4) is 0 Å². The van der Waals surface area contributed by atoms with Gasteiger partial charge < -0.3 is 16.0 Å². The highest BCUT2D eigenvalue weighted by Crippen LogP contribution is 2.48. The predicted molar refractivity (Wildman–Crippen MR) is 107 cm³/mol. The fourth-order valence-electron chi connectivity index (χ4n) is 2.82. The first-order valence-corrected chi connectivity index (χ1v) is 9.31. The minimum absolute atomic E-state index is 0.137. The normalized spacial score (nSPS) is 15.2. The zero-order valence-electron chi connectivity index (χ0n) is 14.6. The van der Waals surface area contributed by atoms with Crippen LogP contribution >= 0.6 is 15.9 Å². The van der Waals surface area contributed by atoms with Gasteiger partial charge in [0.25, 0.3) is 0 Å². The monoisotopic (exact) mass is 415 g/mol. The summed E-state index contributed by atoms with van der Waals surface area (Å²) in [5.41, 5.74) is 2.15. The summed E-state index contributed by atoms with van der Waals surface area (Å²) >= 11 is 3.54. The second-order valence-electron chi connectivity index (χ2n) is 6.36. The van der Waals surface area contributed by atoms with Crippen LogP contribution in [0.1, 0.15) is 18.4 Å². The molecule has 1 amide bonds. The number of rotatable bonds is 6. The molecule has 1 saturated carbocycles. The Morgan fingerprint density at radius 2 is 2.12 bits per heavy atom. The lowest BCUT2D eigenvalue weighted by atomic mass is 9.96. The maximum atomic E-state index is 12.0. The lowest BCUT2D eigenvalue weighted by Gasteiger charge is -2.19. The molecule has 7 heteroatoms. The van der Waals surface area contributed by atoms with Gasteiger partial charge in [0.1, 0.15) is 0 Å². The van der Waals surface area contributed by atoms with Crippen LogP contribution in [0.2, 0.25) is 0 Å². The van der Waals surface area contributed by atoms with Crippen molar-refractivity contribution >= 4 is 33.5 Å². The molecular formula is C19H22BrN5O. The molecule has 0 unspecified atom stereocenters. The Kier molecular flexibility index (Phi) is 5.88. The zero-order chi connectivity index (χ0) is 18.4. The quantitative estimate of drug-likeness (QED) is 0.500. The van der Waals surface area contributed by atoms with Crippen LogP contribution in [0, 0.1) is 0 Å². The van der Waals surface area contributed by atoms with Crippen molar-refractivity contribution in [3.63, 3.8) is 0 Å². The summed E-state index contributed by atoms with van der Waals surface area (Å²) in [6.07, 6.45) is 5.57. The number of halogens is 1. The Balaban J connectivity index is 1.49. The average molecular weight is 416 g/mol. The van der Waals surface area contributed by atoms with E-state index in [0.717, 1.165) is 23.9 Å². The van der Waals surface area contributed by atoms with Crippen LogP contribution in [0.5, 0.6) is 0 Å². The fourth-order valence-corrected chi connectivity index (χ4v) is 3.22. The first-order valence-electron chi connectivity index (χ1n) is 8.52. The minimum atomic E-state index is -0.144. The van der Waals surface area contributed by atoms with E-state index in [9.17, 15) is 4.79 Å². The van der Waals surface area contributed by atoms with Crippen LogP contribution in [0.25, 0.3) is 0 Å². The number of aromatic nitrogens is 1. The number of anilines is 1. The lowest BCUT2D eigenvalue weighted by molar-refractivity contribution is -0.115. The molecule has 0 spiro atoms. The molecule has 1 heterocycles. The molecule has 6 nitrogen and oxygen atoms in total. The number of guanidine groups is 1. The Labute approximate surface area is 161 Å². The second kappa shape index (κ2) is 8.31. The van der Waals surface area contributed by atoms with Crippen molar-refractivity contribution in [2.24, 2.45) is 4.99 Å². The molecule has 1 aliphatic rings. The van der Waals surface area contributed by atoms with Gasteiger partial charge in [0, 0.05) is 29.7 Å². The molecule has 26 heavy (non-hydrogen) atoms. The molecule has 136 valence electrons. The van der Waals surface area contributed by atoms with Crippen LogP contribution in [-0.2, 0) is 10.2 Å².